The maximum Gasteiger partial charge on any atom is 0.405 e. The lowest BCUT2D eigenvalue weighted by Gasteiger charge is -2.32. The summed E-state index contributed by atoms with van der Waals surface area (Å²) in [6.07, 6.45) is 1.87. The molecule has 3 nitrogen and oxygen atoms in total. The molecule has 144 valence electrons. The van der Waals surface area contributed by atoms with Gasteiger partial charge in [0.2, 0.25) is 0 Å². The molecule has 0 fully saturated rings. The minimum atomic E-state index is -0.693. The minimum Gasteiger partial charge on any atom is -0.441 e. The molecular weight excluding hydrogens is 334 g/mol. The van der Waals surface area contributed by atoms with Crippen LogP contribution in [0.3, 0.4) is 0 Å². The van der Waals surface area contributed by atoms with E-state index >= 15 is 0 Å². The summed E-state index contributed by atoms with van der Waals surface area (Å²) in [4.78, 5) is 11.5. The number of benzene rings is 2. The lowest BCUT2D eigenvalue weighted by molar-refractivity contribution is 0.0140. The van der Waals surface area contributed by atoms with E-state index in [2.05, 4.69) is 77.1 Å². The normalized spacial score (nSPS) is 18.2. The molecule has 0 radical (unpaired) electrons. The Morgan fingerprint density at radius 2 is 1.78 bits per heavy atom. The van der Waals surface area contributed by atoms with Crippen molar-refractivity contribution in [3.8, 4) is 11.1 Å². The van der Waals surface area contributed by atoms with Crippen molar-refractivity contribution in [2.75, 3.05) is 0 Å². The third kappa shape index (κ3) is 3.60. The highest BCUT2D eigenvalue weighted by Crippen LogP contribution is 2.52. The number of fused-ring (bicyclic) bond motifs is 1. The average Bonchev–Trinajstić information content (AvgIpc) is 2.94. The molecule has 27 heavy (non-hydrogen) atoms. The van der Waals surface area contributed by atoms with E-state index in [1.54, 1.807) is 0 Å². The molecule has 3 heteroatoms. The topological polar surface area (TPSA) is 52.3 Å². The fraction of sp³-hybridized carbons (Fsp3) is 0.458. The Bertz CT molecular complexity index is 844. The Morgan fingerprint density at radius 3 is 2.37 bits per heavy atom. The maximum atomic E-state index is 11.5. The van der Waals surface area contributed by atoms with Crippen molar-refractivity contribution in [1.82, 2.24) is 0 Å². The molecule has 1 aliphatic rings. The van der Waals surface area contributed by atoms with Gasteiger partial charge in [-0.1, -0.05) is 77.1 Å². The Kier molecular flexibility index (Phi) is 5.07. The van der Waals surface area contributed by atoms with Crippen LogP contribution in [0.1, 0.15) is 70.3 Å². The number of amides is 1. The number of ether oxygens (including phenoxy) is 1. The Labute approximate surface area is 162 Å². The van der Waals surface area contributed by atoms with Gasteiger partial charge in [-0.2, -0.15) is 0 Å². The van der Waals surface area contributed by atoms with E-state index in [1.807, 2.05) is 0 Å². The highest BCUT2D eigenvalue weighted by molar-refractivity contribution is 5.68. The summed E-state index contributed by atoms with van der Waals surface area (Å²) in [7, 11) is 0. The number of nitrogens with two attached hydrogens (primary N) is 1. The van der Waals surface area contributed by atoms with Crippen LogP contribution < -0.4 is 5.73 Å². The van der Waals surface area contributed by atoms with Gasteiger partial charge in [0, 0.05) is 5.41 Å². The fourth-order valence-electron chi connectivity index (χ4n) is 4.34. The van der Waals surface area contributed by atoms with Crippen molar-refractivity contribution in [3.63, 3.8) is 0 Å². The Morgan fingerprint density at radius 1 is 1.11 bits per heavy atom. The fourth-order valence-corrected chi connectivity index (χ4v) is 4.34. The predicted octanol–water partition coefficient (Wildman–Crippen LogP) is 6.15. The van der Waals surface area contributed by atoms with E-state index in [0.717, 1.165) is 24.8 Å². The number of primary amides is 1. The molecule has 0 aromatic heterocycles. The molecule has 0 bridgehead atoms. The largest absolute Gasteiger partial charge is 0.441 e. The number of rotatable bonds is 4. The van der Waals surface area contributed by atoms with Crippen molar-refractivity contribution in [1.29, 1.82) is 0 Å². The molecule has 1 atom stereocenters. The van der Waals surface area contributed by atoms with Gasteiger partial charge in [-0.15, -0.1) is 0 Å². The van der Waals surface area contributed by atoms with Gasteiger partial charge in [-0.3, -0.25) is 0 Å². The molecule has 0 spiro atoms. The predicted molar refractivity (Wildman–Crippen MR) is 111 cm³/mol. The molecule has 2 N–H and O–H groups in total. The van der Waals surface area contributed by atoms with E-state index < -0.39 is 6.09 Å². The van der Waals surface area contributed by atoms with Gasteiger partial charge in [-0.25, -0.2) is 4.79 Å². The molecular formula is C24H31NO2. The molecule has 0 heterocycles. The molecule has 1 unspecified atom stereocenters. The van der Waals surface area contributed by atoms with Gasteiger partial charge in [-0.05, 0) is 52.5 Å². The van der Waals surface area contributed by atoms with Crippen LogP contribution in [0.25, 0.3) is 11.1 Å². The van der Waals surface area contributed by atoms with Gasteiger partial charge in [0.05, 0.1) is 0 Å². The van der Waals surface area contributed by atoms with Crippen LogP contribution >= 0.6 is 0 Å². The molecule has 3 rings (SSSR count). The zero-order chi connectivity index (χ0) is 19.8. The molecule has 1 amide bonds. The van der Waals surface area contributed by atoms with E-state index in [1.165, 1.54) is 22.3 Å². The van der Waals surface area contributed by atoms with E-state index in [0.29, 0.717) is 0 Å². The summed E-state index contributed by atoms with van der Waals surface area (Å²) in [5.74, 6) is 0. The van der Waals surface area contributed by atoms with Gasteiger partial charge >= 0.3 is 6.09 Å². The zero-order valence-corrected chi connectivity index (χ0v) is 17.1. The minimum absolute atomic E-state index is 0.0662. The van der Waals surface area contributed by atoms with Gasteiger partial charge in [0.25, 0.3) is 0 Å². The average molecular weight is 366 g/mol. The smallest absolute Gasteiger partial charge is 0.405 e. The second-order valence-electron chi connectivity index (χ2n) is 8.81. The summed E-state index contributed by atoms with van der Waals surface area (Å²) in [5.41, 5.74) is 11.6. The van der Waals surface area contributed by atoms with Gasteiger partial charge < -0.3 is 10.5 Å². The summed E-state index contributed by atoms with van der Waals surface area (Å²) in [6, 6.07) is 15.3. The lowest BCUT2D eigenvalue weighted by atomic mass is 9.77. The first-order valence-corrected chi connectivity index (χ1v) is 9.90. The molecule has 0 aliphatic heterocycles. The van der Waals surface area contributed by atoms with Crippen LogP contribution in [0.15, 0.2) is 42.5 Å². The van der Waals surface area contributed by atoms with Crippen LogP contribution in [0, 0.1) is 5.41 Å². The van der Waals surface area contributed by atoms with Crippen molar-refractivity contribution < 1.29 is 9.53 Å². The number of carbonyl (C=O) groups excluding carboxylic acids is 1. The number of hydrogen-bond donors (Lipinski definition) is 1. The summed E-state index contributed by atoms with van der Waals surface area (Å²) < 4.78 is 5.58. The summed E-state index contributed by atoms with van der Waals surface area (Å²) in [5, 5.41) is 0. The first kappa shape index (κ1) is 19.5. The quantitative estimate of drug-likeness (QED) is 0.706. The van der Waals surface area contributed by atoms with Crippen molar-refractivity contribution in [3.05, 3.63) is 59.2 Å². The van der Waals surface area contributed by atoms with Crippen LogP contribution in [0.2, 0.25) is 0 Å². The summed E-state index contributed by atoms with van der Waals surface area (Å²) >= 11 is 0. The SMILES string of the molecule is CCC1(CC)Cc2cc(-c3cccc(C(C)(C)C)c3)ccc2C1OC(N)=O. The molecule has 0 saturated heterocycles. The van der Waals surface area contributed by atoms with Crippen molar-refractivity contribution >= 4 is 6.09 Å². The third-order valence-electron chi connectivity index (χ3n) is 6.23. The summed E-state index contributed by atoms with van der Waals surface area (Å²) in [6.45, 7) is 11.0. The molecule has 2 aromatic carbocycles. The maximum absolute atomic E-state index is 11.5. The Hall–Kier alpha value is -2.29. The van der Waals surface area contributed by atoms with Crippen molar-refractivity contribution in [2.45, 2.75) is 65.4 Å². The standard InChI is InChI=1S/C24H31NO2/c1-6-24(7-2)15-18-13-17(11-12-20(18)21(24)27-22(25)26)16-9-8-10-19(14-16)23(3,4)5/h8-14,21H,6-7,15H2,1-5H3,(H2,25,26). The first-order chi connectivity index (χ1) is 12.7. The highest BCUT2D eigenvalue weighted by atomic mass is 16.6. The third-order valence-corrected chi connectivity index (χ3v) is 6.23. The molecule has 0 saturated carbocycles. The first-order valence-electron chi connectivity index (χ1n) is 9.90. The van der Waals surface area contributed by atoms with Crippen LogP contribution in [-0.4, -0.2) is 6.09 Å². The number of hydrogen-bond acceptors (Lipinski definition) is 2. The highest BCUT2D eigenvalue weighted by Gasteiger charge is 2.46. The van der Waals surface area contributed by atoms with E-state index in [-0.39, 0.29) is 16.9 Å². The van der Waals surface area contributed by atoms with Gasteiger partial charge in [0.1, 0.15) is 6.10 Å². The number of carbonyl (C=O) groups is 1. The second-order valence-corrected chi connectivity index (χ2v) is 8.81. The van der Waals surface area contributed by atoms with Gasteiger partial charge in [0.15, 0.2) is 0 Å². The lowest BCUT2D eigenvalue weighted by Crippen LogP contribution is -2.30. The zero-order valence-electron chi connectivity index (χ0n) is 17.1. The Balaban J connectivity index is 2.03. The molecule has 2 aromatic rings. The van der Waals surface area contributed by atoms with Crippen LogP contribution in [0.5, 0.6) is 0 Å². The van der Waals surface area contributed by atoms with E-state index in [9.17, 15) is 4.79 Å². The van der Waals surface area contributed by atoms with Crippen LogP contribution in [-0.2, 0) is 16.6 Å². The van der Waals surface area contributed by atoms with E-state index in [4.69, 9.17) is 10.5 Å². The van der Waals surface area contributed by atoms with Crippen molar-refractivity contribution in [2.24, 2.45) is 11.1 Å². The second kappa shape index (κ2) is 7.03. The monoisotopic (exact) mass is 365 g/mol. The van der Waals surface area contributed by atoms with Crippen LogP contribution in [0.4, 0.5) is 4.79 Å². The molecule has 1 aliphatic carbocycles.